The van der Waals surface area contributed by atoms with Crippen LogP contribution < -0.4 is 10.1 Å². The van der Waals surface area contributed by atoms with Crippen LogP contribution in [0.3, 0.4) is 0 Å². The van der Waals surface area contributed by atoms with Gasteiger partial charge >= 0.3 is 24.3 Å². The molecule has 19 heteroatoms. The average molecular weight is 663 g/mol. The zero-order valence-electron chi connectivity index (χ0n) is 22.8. The highest BCUT2D eigenvalue weighted by Gasteiger charge is 2.39. The van der Waals surface area contributed by atoms with Gasteiger partial charge in [-0.1, -0.05) is 23.2 Å². The van der Waals surface area contributed by atoms with Crippen molar-refractivity contribution in [3.05, 3.63) is 39.9 Å². The van der Waals surface area contributed by atoms with Crippen LogP contribution in [0.25, 0.3) is 11.2 Å². The van der Waals surface area contributed by atoms with E-state index in [1.54, 1.807) is 13.4 Å². The van der Waals surface area contributed by atoms with E-state index in [1.807, 2.05) is 13.0 Å². The lowest BCUT2D eigenvalue weighted by Gasteiger charge is -2.43. The summed E-state index contributed by atoms with van der Waals surface area (Å²) in [5, 5.41) is 18.8. The second-order valence-corrected chi connectivity index (χ2v) is 10.0. The van der Waals surface area contributed by atoms with Crippen LogP contribution >= 0.6 is 23.2 Å². The van der Waals surface area contributed by atoms with Crippen LogP contribution in [0.1, 0.15) is 43.9 Å². The Balaban J connectivity index is 0.000000384. The number of rotatable bonds is 6. The molecule has 0 amide bonds. The molecule has 1 aromatic carbocycles. The van der Waals surface area contributed by atoms with E-state index in [2.05, 4.69) is 44.0 Å². The van der Waals surface area contributed by atoms with E-state index in [0.29, 0.717) is 33.5 Å². The highest BCUT2D eigenvalue weighted by molar-refractivity contribution is 6.42. The number of carboxylic acids is 2. The summed E-state index contributed by atoms with van der Waals surface area (Å²) in [7, 11) is 1.68. The van der Waals surface area contributed by atoms with Crippen molar-refractivity contribution in [1.82, 2.24) is 24.8 Å². The molecule has 0 bridgehead atoms. The third-order valence-corrected chi connectivity index (χ3v) is 6.82. The van der Waals surface area contributed by atoms with Gasteiger partial charge in [0.1, 0.15) is 17.6 Å². The monoisotopic (exact) mass is 662 g/mol. The van der Waals surface area contributed by atoms with E-state index >= 15 is 0 Å². The van der Waals surface area contributed by atoms with Gasteiger partial charge in [0.05, 0.1) is 29.5 Å². The fourth-order valence-electron chi connectivity index (χ4n) is 3.84. The Labute approximate surface area is 250 Å². The Morgan fingerprint density at radius 1 is 1.05 bits per heavy atom. The fourth-order valence-corrected chi connectivity index (χ4v) is 4.35. The standard InChI is InChI=1S/C20H24Cl2N6O.2C2HF3O2/c1-10(2)28-6-12(7-28)15-16(22)14(21)5-13(18(15)29-4)11(3)27-20-17-19(24-8-23-17)25-9-26-20;2*3-2(4,5)1(6)7/h5,8-12H,6-7H2,1-4H3,(H2,23,24,25,26,27);2*(H,6,7). The molecular formula is C24H26Cl2F6N6O5. The lowest BCUT2D eigenvalue weighted by Crippen LogP contribution is -2.48. The van der Waals surface area contributed by atoms with Gasteiger partial charge in [-0.15, -0.1) is 0 Å². The average Bonchev–Trinajstić information content (AvgIpc) is 3.35. The minimum atomic E-state index is -5.08. The Bertz CT molecular complexity index is 1410. The van der Waals surface area contributed by atoms with Crippen molar-refractivity contribution < 1.29 is 50.9 Å². The third kappa shape index (κ3) is 9.21. The molecule has 1 unspecified atom stereocenters. The number of nitrogens with zero attached hydrogens (tertiary/aromatic N) is 4. The van der Waals surface area contributed by atoms with Gasteiger partial charge in [0.15, 0.2) is 11.5 Å². The second kappa shape index (κ2) is 14.3. The summed E-state index contributed by atoms with van der Waals surface area (Å²) in [5.41, 5.74) is 3.28. The molecule has 1 fully saturated rings. The number of imidazole rings is 1. The van der Waals surface area contributed by atoms with Crippen LogP contribution in [0.5, 0.6) is 5.75 Å². The maximum absolute atomic E-state index is 10.6. The van der Waals surface area contributed by atoms with Crippen LogP contribution in [0.2, 0.25) is 10.0 Å². The van der Waals surface area contributed by atoms with Gasteiger partial charge in [0.25, 0.3) is 0 Å². The van der Waals surface area contributed by atoms with Crippen LogP contribution in [0.15, 0.2) is 18.7 Å². The first kappa shape index (κ1) is 35.6. The molecule has 0 radical (unpaired) electrons. The zero-order valence-corrected chi connectivity index (χ0v) is 24.3. The smallest absolute Gasteiger partial charge is 0.490 e. The van der Waals surface area contributed by atoms with Gasteiger partial charge < -0.3 is 25.3 Å². The number of aromatic nitrogens is 4. The lowest BCUT2D eigenvalue weighted by molar-refractivity contribution is -0.193. The number of aromatic amines is 1. The number of likely N-dealkylation sites (tertiary alicyclic amines) is 1. The molecule has 1 atom stereocenters. The van der Waals surface area contributed by atoms with Gasteiger partial charge in [-0.2, -0.15) is 26.3 Å². The van der Waals surface area contributed by atoms with Crippen molar-refractivity contribution in [2.45, 2.75) is 51.1 Å². The molecule has 2 aromatic heterocycles. The second-order valence-electron chi connectivity index (χ2n) is 9.25. The van der Waals surface area contributed by atoms with Gasteiger partial charge in [0, 0.05) is 36.2 Å². The summed E-state index contributed by atoms with van der Waals surface area (Å²) in [6.07, 6.45) is -7.07. The number of H-pyrrole nitrogens is 1. The molecule has 238 valence electrons. The molecule has 1 aliphatic heterocycles. The number of halogens is 8. The summed E-state index contributed by atoms with van der Waals surface area (Å²) >= 11 is 13.2. The van der Waals surface area contributed by atoms with E-state index < -0.39 is 24.3 Å². The summed E-state index contributed by atoms with van der Waals surface area (Å²) < 4.78 is 69.3. The van der Waals surface area contributed by atoms with Crippen molar-refractivity contribution in [3.63, 3.8) is 0 Å². The molecular weight excluding hydrogens is 637 g/mol. The first-order valence-corrected chi connectivity index (χ1v) is 12.9. The number of benzene rings is 1. The third-order valence-electron chi connectivity index (χ3n) is 6.02. The normalized spacial score (nSPS) is 14.6. The van der Waals surface area contributed by atoms with Crippen molar-refractivity contribution in [1.29, 1.82) is 0 Å². The minimum Gasteiger partial charge on any atom is -0.496 e. The number of hydrogen-bond donors (Lipinski definition) is 4. The van der Waals surface area contributed by atoms with Crippen LogP contribution in [0.4, 0.5) is 32.2 Å². The molecule has 3 aromatic rings. The molecule has 43 heavy (non-hydrogen) atoms. The molecule has 11 nitrogen and oxygen atoms in total. The van der Waals surface area contributed by atoms with Crippen LogP contribution in [-0.2, 0) is 9.59 Å². The number of carboxylic acid groups (broad SMARTS) is 2. The molecule has 0 aliphatic carbocycles. The quantitative estimate of drug-likeness (QED) is 0.234. The van der Waals surface area contributed by atoms with Crippen LogP contribution in [0, 0.1) is 0 Å². The predicted molar refractivity (Wildman–Crippen MR) is 144 cm³/mol. The topological polar surface area (TPSA) is 154 Å². The summed E-state index contributed by atoms with van der Waals surface area (Å²) in [5.74, 6) is -3.77. The van der Waals surface area contributed by atoms with Crippen LogP contribution in [-0.4, -0.2) is 85.6 Å². The summed E-state index contributed by atoms with van der Waals surface area (Å²) in [6, 6.07) is 2.25. The number of anilines is 1. The fraction of sp³-hybridized carbons (Fsp3) is 0.458. The number of ether oxygens (including phenoxy) is 1. The maximum atomic E-state index is 10.6. The Hall–Kier alpha value is -3.57. The molecule has 1 aliphatic rings. The predicted octanol–water partition coefficient (Wildman–Crippen LogP) is 5.92. The SMILES string of the molecule is COc1c(C(C)Nc2ncnc3nc[nH]c23)cc(Cl)c(Cl)c1C1CN(C(C)C)C1.O=C(O)C(F)(F)F.O=C(O)C(F)(F)F. The minimum absolute atomic E-state index is 0.124. The first-order chi connectivity index (χ1) is 19.8. The Morgan fingerprint density at radius 3 is 2.05 bits per heavy atom. The summed E-state index contributed by atoms with van der Waals surface area (Å²) in [6.45, 7) is 8.31. The number of alkyl halides is 6. The van der Waals surface area contributed by atoms with E-state index in [-0.39, 0.29) is 6.04 Å². The number of nitrogens with one attached hydrogen (secondary N) is 2. The van der Waals surface area contributed by atoms with Gasteiger partial charge in [-0.05, 0) is 26.8 Å². The number of aliphatic carboxylic acids is 2. The number of hydrogen-bond acceptors (Lipinski definition) is 8. The molecule has 4 N–H and O–H groups in total. The molecule has 4 rings (SSSR count). The first-order valence-electron chi connectivity index (χ1n) is 12.1. The van der Waals surface area contributed by atoms with Gasteiger partial charge in [-0.3, -0.25) is 4.90 Å². The molecule has 3 heterocycles. The van der Waals surface area contributed by atoms with E-state index in [9.17, 15) is 26.3 Å². The zero-order chi connectivity index (χ0) is 32.9. The molecule has 1 saturated heterocycles. The van der Waals surface area contributed by atoms with Crippen molar-refractivity contribution >= 4 is 52.1 Å². The van der Waals surface area contributed by atoms with Crippen molar-refractivity contribution in [2.24, 2.45) is 0 Å². The molecule has 0 spiro atoms. The molecule has 0 saturated carbocycles. The summed E-state index contributed by atoms with van der Waals surface area (Å²) in [4.78, 5) is 36.0. The highest BCUT2D eigenvalue weighted by atomic mass is 35.5. The van der Waals surface area contributed by atoms with E-state index in [1.165, 1.54) is 6.33 Å². The number of carbonyl (C=O) groups is 2. The largest absolute Gasteiger partial charge is 0.496 e. The Morgan fingerprint density at radius 2 is 1.58 bits per heavy atom. The highest BCUT2D eigenvalue weighted by Crippen LogP contribution is 2.46. The number of fused-ring (bicyclic) bond motifs is 1. The lowest BCUT2D eigenvalue weighted by atomic mass is 9.87. The van der Waals surface area contributed by atoms with E-state index in [4.69, 9.17) is 47.7 Å². The number of methoxy groups -OCH3 is 1. The van der Waals surface area contributed by atoms with Gasteiger partial charge in [0.2, 0.25) is 0 Å². The Kier molecular flexibility index (Phi) is 11.8. The maximum Gasteiger partial charge on any atom is 0.490 e. The van der Waals surface area contributed by atoms with Gasteiger partial charge in [-0.25, -0.2) is 24.5 Å². The van der Waals surface area contributed by atoms with Crippen molar-refractivity contribution in [3.8, 4) is 5.75 Å². The van der Waals surface area contributed by atoms with Crippen molar-refractivity contribution in [2.75, 3.05) is 25.5 Å². The van der Waals surface area contributed by atoms with E-state index in [0.717, 1.165) is 35.5 Å².